The number of carbonyl (C=O) groups excluding carboxylic acids is 1. The molecule has 1 saturated carbocycles. The molecule has 8 heteroatoms. The third-order valence-corrected chi connectivity index (χ3v) is 6.25. The van der Waals surface area contributed by atoms with Crippen LogP contribution in [0.3, 0.4) is 0 Å². The summed E-state index contributed by atoms with van der Waals surface area (Å²) in [6.45, 7) is 2.12. The highest BCUT2D eigenvalue weighted by Crippen LogP contribution is 2.31. The summed E-state index contributed by atoms with van der Waals surface area (Å²) < 4.78 is 0.825. The first-order valence-corrected chi connectivity index (χ1v) is 10.4. The van der Waals surface area contributed by atoms with Crippen molar-refractivity contribution < 1.29 is 4.79 Å². The SMILES string of the molecule is O=C(CSc1nnc(NC2CC2)s1)Nc1ccccc1N1CCCC1. The predicted octanol–water partition coefficient (Wildman–Crippen LogP) is 3.44. The summed E-state index contributed by atoms with van der Waals surface area (Å²) in [5.74, 6) is 0.329. The Morgan fingerprint density at radius 3 is 2.84 bits per heavy atom. The Bertz CT molecular complexity index is 740. The van der Waals surface area contributed by atoms with E-state index >= 15 is 0 Å². The maximum Gasteiger partial charge on any atom is 0.234 e. The molecule has 1 aliphatic carbocycles. The Morgan fingerprint density at radius 2 is 2.04 bits per heavy atom. The van der Waals surface area contributed by atoms with Gasteiger partial charge in [0.1, 0.15) is 0 Å². The lowest BCUT2D eigenvalue weighted by Gasteiger charge is -2.21. The molecule has 1 aromatic heterocycles. The van der Waals surface area contributed by atoms with Crippen LogP contribution in [0.15, 0.2) is 28.6 Å². The first-order valence-electron chi connectivity index (χ1n) is 8.64. The number of nitrogens with zero attached hydrogens (tertiary/aromatic N) is 3. The Hall–Kier alpha value is -1.80. The lowest BCUT2D eigenvalue weighted by atomic mass is 10.2. The predicted molar refractivity (Wildman–Crippen MR) is 104 cm³/mol. The summed E-state index contributed by atoms with van der Waals surface area (Å²) in [5.41, 5.74) is 2.01. The second kappa shape index (κ2) is 7.61. The number of amides is 1. The van der Waals surface area contributed by atoms with E-state index in [9.17, 15) is 4.79 Å². The number of anilines is 3. The topological polar surface area (TPSA) is 70.1 Å². The van der Waals surface area contributed by atoms with Crippen LogP contribution in [0, 0.1) is 0 Å². The smallest absolute Gasteiger partial charge is 0.234 e. The second-order valence-electron chi connectivity index (χ2n) is 6.34. The van der Waals surface area contributed by atoms with Gasteiger partial charge in [-0.15, -0.1) is 10.2 Å². The van der Waals surface area contributed by atoms with Crippen molar-refractivity contribution in [2.24, 2.45) is 0 Å². The number of nitrogens with one attached hydrogen (secondary N) is 2. The molecule has 132 valence electrons. The Morgan fingerprint density at radius 1 is 1.24 bits per heavy atom. The van der Waals surface area contributed by atoms with Crippen molar-refractivity contribution in [2.45, 2.75) is 36.1 Å². The maximum absolute atomic E-state index is 12.3. The summed E-state index contributed by atoms with van der Waals surface area (Å²) >= 11 is 2.95. The van der Waals surface area contributed by atoms with Crippen LogP contribution in [0.2, 0.25) is 0 Å². The van der Waals surface area contributed by atoms with Gasteiger partial charge >= 0.3 is 0 Å². The van der Waals surface area contributed by atoms with E-state index in [1.807, 2.05) is 18.2 Å². The van der Waals surface area contributed by atoms with Crippen molar-refractivity contribution in [3.8, 4) is 0 Å². The minimum absolute atomic E-state index is 0.0106. The van der Waals surface area contributed by atoms with Gasteiger partial charge in [0.2, 0.25) is 11.0 Å². The van der Waals surface area contributed by atoms with Gasteiger partial charge in [0.05, 0.1) is 17.1 Å². The number of hydrogen-bond donors (Lipinski definition) is 2. The minimum atomic E-state index is -0.0106. The van der Waals surface area contributed by atoms with Gasteiger partial charge in [0, 0.05) is 19.1 Å². The Kier molecular flexibility index (Phi) is 5.07. The number of aromatic nitrogens is 2. The van der Waals surface area contributed by atoms with Crippen molar-refractivity contribution in [3.63, 3.8) is 0 Å². The van der Waals surface area contributed by atoms with Crippen LogP contribution in [0.4, 0.5) is 16.5 Å². The van der Waals surface area contributed by atoms with Crippen LogP contribution in [0.1, 0.15) is 25.7 Å². The van der Waals surface area contributed by atoms with Crippen LogP contribution in [0.5, 0.6) is 0 Å². The van der Waals surface area contributed by atoms with Crippen molar-refractivity contribution in [3.05, 3.63) is 24.3 Å². The standard InChI is InChI=1S/C17H21N5OS2/c23-15(11-24-17-21-20-16(25-17)18-12-7-8-12)19-13-5-1-2-6-14(13)22-9-3-4-10-22/h1-2,5-6,12H,3-4,7-11H2,(H,18,20)(H,19,23). The molecule has 2 aromatic rings. The molecule has 0 unspecified atom stereocenters. The lowest BCUT2D eigenvalue weighted by Crippen LogP contribution is -2.21. The van der Waals surface area contributed by atoms with Crippen molar-refractivity contribution in [1.29, 1.82) is 0 Å². The van der Waals surface area contributed by atoms with E-state index in [0.29, 0.717) is 11.8 Å². The van der Waals surface area contributed by atoms with Gasteiger partial charge in [0.25, 0.3) is 0 Å². The molecule has 0 spiro atoms. The summed E-state index contributed by atoms with van der Waals surface area (Å²) in [7, 11) is 0. The van der Waals surface area contributed by atoms with Crippen LogP contribution >= 0.6 is 23.1 Å². The van der Waals surface area contributed by atoms with Gasteiger partial charge < -0.3 is 15.5 Å². The highest BCUT2D eigenvalue weighted by Gasteiger charge is 2.22. The molecular weight excluding hydrogens is 354 g/mol. The van der Waals surface area contributed by atoms with E-state index < -0.39 is 0 Å². The molecule has 6 nitrogen and oxygen atoms in total. The summed E-state index contributed by atoms with van der Waals surface area (Å²) in [6.07, 6.45) is 4.85. The number of hydrogen-bond acceptors (Lipinski definition) is 7. The van der Waals surface area contributed by atoms with E-state index in [1.165, 1.54) is 48.8 Å². The zero-order chi connectivity index (χ0) is 17.1. The van der Waals surface area contributed by atoms with Crippen LogP contribution in [-0.2, 0) is 4.79 Å². The van der Waals surface area contributed by atoms with E-state index in [0.717, 1.165) is 33.9 Å². The number of rotatable bonds is 7. The molecule has 2 aliphatic rings. The zero-order valence-corrected chi connectivity index (χ0v) is 15.5. The number of carbonyl (C=O) groups is 1. The highest BCUT2D eigenvalue weighted by molar-refractivity contribution is 8.01. The van der Waals surface area contributed by atoms with Crippen LogP contribution in [0.25, 0.3) is 0 Å². The van der Waals surface area contributed by atoms with E-state index in [-0.39, 0.29) is 5.91 Å². The third kappa shape index (κ3) is 4.43. The van der Waals surface area contributed by atoms with Gasteiger partial charge in [-0.1, -0.05) is 35.2 Å². The molecule has 0 radical (unpaired) electrons. The molecular formula is C17H21N5OS2. The number of para-hydroxylation sites is 2. The quantitative estimate of drug-likeness (QED) is 0.723. The molecule has 1 aromatic carbocycles. The normalized spacial score (nSPS) is 16.9. The molecule has 2 heterocycles. The van der Waals surface area contributed by atoms with E-state index in [4.69, 9.17) is 0 Å². The molecule has 2 fully saturated rings. The van der Waals surface area contributed by atoms with Gasteiger partial charge in [-0.2, -0.15) is 0 Å². The van der Waals surface area contributed by atoms with Crippen molar-refractivity contribution >= 4 is 45.5 Å². The first-order chi connectivity index (χ1) is 12.3. The monoisotopic (exact) mass is 375 g/mol. The summed E-state index contributed by atoms with van der Waals surface area (Å²) in [5, 5.41) is 15.5. The fourth-order valence-electron chi connectivity index (χ4n) is 2.86. The largest absolute Gasteiger partial charge is 0.370 e. The van der Waals surface area contributed by atoms with Crippen LogP contribution in [-0.4, -0.2) is 41.0 Å². The Balaban J connectivity index is 1.32. The molecule has 4 rings (SSSR count). The minimum Gasteiger partial charge on any atom is -0.370 e. The molecule has 1 amide bonds. The summed E-state index contributed by atoms with van der Waals surface area (Å²) in [4.78, 5) is 14.7. The van der Waals surface area contributed by atoms with Crippen molar-refractivity contribution in [2.75, 3.05) is 34.4 Å². The molecule has 1 aliphatic heterocycles. The van der Waals surface area contributed by atoms with Gasteiger partial charge in [-0.05, 0) is 37.8 Å². The average molecular weight is 376 g/mol. The molecule has 2 N–H and O–H groups in total. The zero-order valence-electron chi connectivity index (χ0n) is 13.9. The van der Waals surface area contributed by atoms with Crippen LogP contribution < -0.4 is 15.5 Å². The summed E-state index contributed by atoms with van der Waals surface area (Å²) in [6, 6.07) is 8.60. The fourth-order valence-corrected chi connectivity index (χ4v) is 4.48. The number of thioether (sulfide) groups is 1. The second-order valence-corrected chi connectivity index (χ2v) is 8.54. The van der Waals surface area contributed by atoms with E-state index in [2.05, 4.69) is 31.8 Å². The molecule has 0 atom stereocenters. The third-order valence-electron chi connectivity index (χ3n) is 4.26. The molecule has 1 saturated heterocycles. The van der Waals surface area contributed by atoms with Gasteiger partial charge in [0.15, 0.2) is 4.34 Å². The van der Waals surface area contributed by atoms with Gasteiger partial charge in [-0.3, -0.25) is 4.79 Å². The van der Waals surface area contributed by atoms with Crippen molar-refractivity contribution in [1.82, 2.24) is 10.2 Å². The van der Waals surface area contributed by atoms with Gasteiger partial charge in [-0.25, -0.2) is 0 Å². The first kappa shape index (κ1) is 16.7. The number of benzene rings is 1. The maximum atomic E-state index is 12.3. The molecule has 0 bridgehead atoms. The highest BCUT2D eigenvalue weighted by atomic mass is 32.2. The fraction of sp³-hybridized carbons (Fsp3) is 0.471. The molecule has 25 heavy (non-hydrogen) atoms. The van der Waals surface area contributed by atoms with E-state index in [1.54, 1.807) is 0 Å². The lowest BCUT2D eigenvalue weighted by molar-refractivity contribution is -0.113. The average Bonchev–Trinajstić information content (AvgIpc) is 3.10. The Labute approximate surface area is 155 Å².